The highest BCUT2D eigenvalue weighted by Gasteiger charge is 2.20. The Morgan fingerprint density at radius 3 is 2.28 bits per heavy atom. The highest BCUT2D eigenvalue weighted by Crippen LogP contribution is 2.20. The van der Waals surface area contributed by atoms with E-state index >= 15 is 0 Å². The van der Waals surface area contributed by atoms with Gasteiger partial charge in [0.25, 0.3) is 0 Å². The lowest BCUT2D eigenvalue weighted by Crippen LogP contribution is -2.24. The van der Waals surface area contributed by atoms with Crippen LogP contribution >= 0.6 is 11.6 Å². The summed E-state index contributed by atoms with van der Waals surface area (Å²) in [6.45, 7) is 5.30. The molecule has 0 bridgehead atoms. The Labute approximate surface area is 111 Å². The second-order valence-corrected chi connectivity index (χ2v) is 5.10. The maximum atomic E-state index is 11.8. The summed E-state index contributed by atoms with van der Waals surface area (Å²) in [5, 5.41) is 0.231. The van der Waals surface area contributed by atoms with Crippen molar-refractivity contribution in [3.8, 4) is 0 Å². The number of esters is 2. The number of methoxy groups -OCH3 is 1. The molecular formula is C13H15ClO4. The molecule has 0 fully saturated rings. The summed E-state index contributed by atoms with van der Waals surface area (Å²) in [7, 11) is 1.25. The molecule has 18 heavy (non-hydrogen) atoms. The summed E-state index contributed by atoms with van der Waals surface area (Å²) >= 11 is 5.85. The molecule has 0 saturated heterocycles. The third-order valence-corrected chi connectivity index (χ3v) is 2.34. The molecule has 0 N–H and O–H groups in total. The van der Waals surface area contributed by atoms with Crippen LogP contribution in [0, 0.1) is 0 Å². The Balaban J connectivity index is 3.05. The molecule has 1 aromatic rings. The number of ether oxygens (including phenoxy) is 2. The van der Waals surface area contributed by atoms with Gasteiger partial charge in [-0.15, -0.1) is 0 Å². The van der Waals surface area contributed by atoms with E-state index in [1.807, 2.05) is 0 Å². The molecule has 1 aromatic carbocycles. The first kappa shape index (κ1) is 14.5. The normalized spacial score (nSPS) is 10.9. The molecule has 0 aromatic heterocycles. The van der Waals surface area contributed by atoms with Crippen LogP contribution in [0.1, 0.15) is 41.5 Å². The number of rotatable bonds is 2. The van der Waals surface area contributed by atoms with E-state index in [9.17, 15) is 9.59 Å². The van der Waals surface area contributed by atoms with Crippen molar-refractivity contribution in [3.05, 3.63) is 34.3 Å². The zero-order valence-corrected chi connectivity index (χ0v) is 11.5. The average Bonchev–Trinajstić information content (AvgIpc) is 2.26. The Bertz CT molecular complexity index is 474. The zero-order valence-electron chi connectivity index (χ0n) is 10.7. The number of benzene rings is 1. The summed E-state index contributed by atoms with van der Waals surface area (Å²) in [4.78, 5) is 23.3. The zero-order chi connectivity index (χ0) is 13.9. The molecule has 0 aliphatic rings. The van der Waals surface area contributed by atoms with Crippen molar-refractivity contribution in [2.45, 2.75) is 26.4 Å². The van der Waals surface area contributed by atoms with Gasteiger partial charge in [-0.3, -0.25) is 0 Å². The SMILES string of the molecule is COC(=O)c1cc(C(=O)OC(C)(C)C)ccc1Cl. The van der Waals surface area contributed by atoms with Gasteiger partial charge in [0, 0.05) is 0 Å². The van der Waals surface area contributed by atoms with Gasteiger partial charge < -0.3 is 9.47 Å². The van der Waals surface area contributed by atoms with E-state index in [1.165, 1.54) is 25.3 Å². The largest absolute Gasteiger partial charge is 0.465 e. The second kappa shape index (κ2) is 5.40. The molecule has 5 heteroatoms. The van der Waals surface area contributed by atoms with Gasteiger partial charge in [0.1, 0.15) is 5.60 Å². The van der Waals surface area contributed by atoms with Crippen molar-refractivity contribution in [3.63, 3.8) is 0 Å². The van der Waals surface area contributed by atoms with Crippen molar-refractivity contribution >= 4 is 23.5 Å². The minimum Gasteiger partial charge on any atom is -0.465 e. The lowest BCUT2D eigenvalue weighted by molar-refractivity contribution is 0.00695. The third-order valence-electron chi connectivity index (χ3n) is 2.01. The molecule has 0 aliphatic heterocycles. The molecule has 0 heterocycles. The Morgan fingerprint density at radius 2 is 1.78 bits per heavy atom. The monoisotopic (exact) mass is 270 g/mol. The van der Waals surface area contributed by atoms with Gasteiger partial charge in [-0.25, -0.2) is 9.59 Å². The minimum absolute atomic E-state index is 0.141. The molecule has 4 nitrogen and oxygen atoms in total. The first-order valence-electron chi connectivity index (χ1n) is 5.36. The van der Waals surface area contributed by atoms with Gasteiger partial charge in [0.15, 0.2) is 0 Å². The molecule has 0 amide bonds. The van der Waals surface area contributed by atoms with Crippen LogP contribution in [0.15, 0.2) is 18.2 Å². The standard InChI is InChI=1S/C13H15ClO4/c1-13(2,3)18-11(15)8-5-6-10(14)9(7-8)12(16)17-4/h5-7H,1-4H3. The third kappa shape index (κ3) is 3.74. The van der Waals surface area contributed by atoms with Crippen molar-refractivity contribution < 1.29 is 19.1 Å². The van der Waals surface area contributed by atoms with Crippen LogP contribution < -0.4 is 0 Å². The summed E-state index contributed by atoms with van der Waals surface area (Å²) < 4.78 is 9.78. The Kier molecular flexibility index (Phi) is 4.35. The fraction of sp³-hybridized carbons (Fsp3) is 0.385. The quantitative estimate of drug-likeness (QED) is 0.775. The highest BCUT2D eigenvalue weighted by molar-refractivity contribution is 6.33. The van der Waals surface area contributed by atoms with Crippen LogP contribution in [0.3, 0.4) is 0 Å². The number of carbonyl (C=O) groups excluding carboxylic acids is 2. The molecule has 0 radical (unpaired) electrons. The minimum atomic E-state index is -0.595. The maximum absolute atomic E-state index is 11.8. The second-order valence-electron chi connectivity index (χ2n) is 4.69. The predicted molar refractivity (Wildman–Crippen MR) is 68.0 cm³/mol. The van der Waals surface area contributed by atoms with Crippen LogP contribution in [0.2, 0.25) is 5.02 Å². The summed E-state index contributed by atoms with van der Waals surface area (Å²) in [6.07, 6.45) is 0. The molecule has 0 atom stereocenters. The Hall–Kier alpha value is -1.55. The van der Waals surface area contributed by atoms with Crippen LogP contribution in [0.4, 0.5) is 0 Å². The van der Waals surface area contributed by atoms with Gasteiger partial charge in [-0.2, -0.15) is 0 Å². The van der Waals surface area contributed by atoms with Gasteiger partial charge in [0.2, 0.25) is 0 Å². The molecule has 0 aliphatic carbocycles. The molecule has 98 valence electrons. The van der Waals surface area contributed by atoms with E-state index in [0.29, 0.717) is 0 Å². The highest BCUT2D eigenvalue weighted by atomic mass is 35.5. The van der Waals surface area contributed by atoms with E-state index in [-0.39, 0.29) is 16.1 Å². The molecule has 1 rings (SSSR count). The fourth-order valence-corrected chi connectivity index (χ4v) is 1.45. The van der Waals surface area contributed by atoms with Crippen molar-refractivity contribution in [2.24, 2.45) is 0 Å². The predicted octanol–water partition coefficient (Wildman–Crippen LogP) is 3.08. The van der Waals surface area contributed by atoms with Crippen molar-refractivity contribution in [1.29, 1.82) is 0 Å². The van der Waals surface area contributed by atoms with Crippen LogP contribution in [0.5, 0.6) is 0 Å². The molecule has 0 saturated carbocycles. The van der Waals surface area contributed by atoms with E-state index < -0.39 is 17.5 Å². The number of halogens is 1. The maximum Gasteiger partial charge on any atom is 0.339 e. The van der Waals surface area contributed by atoms with Crippen molar-refractivity contribution in [1.82, 2.24) is 0 Å². The topological polar surface area (TPSA) is 52.6 Å². The Morgan fingerprint density at radius 1 is 1.17 bits per heavy atom. The van der Waals surface area contributed by atoms with E-state index in [0.717, 1.165) is 0 Å². The number of hydrogen-bond donors (Lipinski definition) is 0. The summed E-state index contributed by atoms with van der Waals surface area (Å²) in [6, 6.07) is 4.33. The summed E-state index contributed by atoms with van der Waals surface area (Å²) in [5.74, 6) is -1.10. The molecule has 0 spiro atoms. The first-order chi connectivity index (χ1) is 8.24. The van der Waals surface area contributed by atoms with Gasteiger partial charge in [-0.05, 0) is 39.0 Å². The number of hydrogen-bond acceptors (Lipinski definition) is 4. The van der Waals surface area contributed by atoms with Crippen LogP contribution in [-0.4, -0.2) is 24.6 Å². The van der Waals surface area contributed by atoms with Gasteiger partial charge in [-0.1, -0.05) is 11.6 Å². The van der Waals surface area contributed by atoms with E-state index in [1.54, 1.807) is 20.8 Å². The van der Waals surface area contributed by atoms with Gasteiger partial charge in [0.05, 0.1) is 23.3 Å². The molecule has 0 unspecified atom stereocenters. The van der Waals surface area contributed by atoms with Crippen LogP contribution in [-0.2, 0) is 9.47 Å². The van der Waals surface area contributed by atoms with E-state index in [4.69, 9.17) is 16.3 Å². The smallest absolute Gasteiger partial charge is 0.339 e. The van der Waals surface area contributed by atoms with Crippen LogP contribution in [0.25, 0.3) is 0 Å². The lowest BCUT2D eigenvalue weighted by atomic mass is 10.1. The van der Waals surface area contributed by atoms with Gasteiger partial charge >= 0.3 is 11.9 Å². The first-order valence-corrected chi connectivity index (χ1v) is 5.73. The average molecular weight is 271 g/mol. The lowest BCUT2D eigenvalue weighted by Gasteiger charge is -2.19. The summed E-state index contributed by atoms with van der Waals surface area (Å²) in [5.41, 5.74) is -0.195. The van der Waals surface area contributed by atoms with E-state index in [2.05, 4.69) is 4.74 Å². The number of carbonyl (C=O) groups is 2. The molecular weight excluding hydrogens is 256 g/mol. The van der Waals surface area contributed by atoms with Crippen molar-refractivity contribution in [2.75, 3.05) is 7.11 Å². The fourth-order valence-electron chi connectivity index (χ4n) is 1.26.